The van der Waals surface area contributed by atoms with E-state index in [0.717, 1.165) is 35.6 Å². The Hall–Kier alpha value is -3.30. The second-order valence-electron chi connectivity index (χ2n) is 8.20. The van der Waals surface area contributed by atoms with Gasteiger partial charge in [0.05, 0.1) is 35.1 Å². The Bertz CT molecular complexity index is 1280. The van der Waals surface area contributed by atoms with Crippen LogP contribution in [0.4, 0.5) is 5.82 Å². The van der Waals surface area contributed by atoms with E-state index < -0.39 is 0 Å². The summed E-state index contributed by atoms with van der Waals surface area (Å²) in [6.07, 6.45) is 0.796. The maximum Gasteiger partial charge on any atom is 0.389 e. The molecule has 4 rings (SSSR count). The molecule has 1 aliphatic heterocycles. The molecule has 32 heavy (non-hydrogen) atoms. The number of fused-ring (bicyclic) bond motifs is 1. The molecule has 0 spiro atoms. The number of hydrogen-bond donors (Lipinski definition) is 0. The van der Waals surface area contributed by atoms with Crippen LogP contribution in [-0.4, -0.2) is 45.8 Å². The van der Waals surface area contributed by atoms with E-state index >= 15 is 0 Å². The maximum atomic E-state index is 12.7. The number of aromatic nitrogens is 2. The Morgan fingerprint density at radius 3 is 2.75 bits per heavy atom. The van der Waals surface area contributed by atoms with Crippen LogP contribution < -0.4 is 4.90 Å². The first-order valence-electron chi connectivity index (χ1n) is 10.8. The van der Waals surface area contributed by atoms with Crippen molar-refractivity contribution in [3.8, 4) is 17.3 Å². The van der Waals surface area contributed by atoms with Crippen LogP contribution in [0.3, 0.4) is 0 Å². The molecule has 2 aromatic carbocycles. The number of carbonyl (C=O) groups is 1. The smallest absolute Gasteiger partial charge is 0.344 e. The SMILES string of the molecule is CC[N+](C(=O)C(C)C)=C1CCN(c2nc3ccc(Cl)cc3nc2-c2cccc(C#N)c2)C1. The summed E-state index contributed by atoms with van der Waals surface area (Å²) in [5.74, 6) is 0.842. The van der Waals surface area contributed by atoms with E-state index in [4.69, 9.17) is 21.6 Å². The van der Waals surface area contributed by atoms with Crippen LogP contribution in [0.15, 0.2) is 42.5 Å². The predicted octanol–water partition coefficient (Wildman–Crippen LogP) is 4.69. The fourth-order valence-corrected chi connectivity index (χ4v) is 4.23. The summed E-state index contributed by atoms with van der Waals surface area (Å²) in [4.78, 5) is 24.7. The summed E-state index contributed by atoms with van der Waals surface area (Å²) in [6, 6.07) is 15.0. The normalized spacial score (nSPS) is 15.3. The first-order chi connectivity index (χ1) is 15.4. The average Bonchev–Trinajstić information content (AvgIpc) is 3.28. The molecule has 2 heterocycles. The van der Waals surface area contributed by atoms with Gasteiger partial charge >= 0.3 is 5.91 Å². The molecule has 1 aromatic heterocycles. The molecule has 162 valence electrons. The summed E-state index contributed by atoms with van der Waals surface area (Å²) in [6.45, 7) is 7.88. The van der Waals surface area contributed by atoms with Crippen LogP contribution in [0.2, 0.25) is 5.02 Å². The van der Waals surface area contributed by atoms with E-state index in [-0.39, 0.29) is 11.8 Å². The van der Waals surface area contributed by atoms with Crippen LogP contribution in [-0.2, 0) is 4.79 Å². The van der Waals surface area contributed by atoms with Crippen molar-refractivity contribution in [2.45, 2.75) is 27.2 Å². The Balaban J connectivity index is 1.84. The van der Waals surface area contributed by atoms with Crippen molar-refractivity contribution in [2.75, 3.05) is 24.5 Å². The van der Waals surface area contributed by atoms with Gasteiger partial charge in [-0.2, -0.15) is 9.84 Å². The van der Waals surface area contributed by atoms with Gasteiger partial charge in [0.15, 0.2) is 11.5 Å². The highest BCUT2D eigenvalue weighted by molar-refractivity contribution is 6.31. The molecule has 0 bridgehead atoms. The lowest BCUT2D eigenvalue weighted by molar-refractivity contribution is -0.450. The van der Waals surface area contributed by atoms with Gasteiger partial charge in [0.25, 0.3) is 0 Å². The van der Waals surface area contributed by atoms with Gasteiger partial charge in [-0.05, 0) is 51.1 Å². The molecule has 0 N–H and O–H groups in total. The number of hydrogen-bond acceptors (Lipinski definition) is 5. The summed E-state index contributed by atoms with van der Waals surface area (Å²) < 4.78 is 1.90. The first kappa shape index (κ1) is 21.9. The van der Waals surface area contributed by atoms with Gasteiger partial charge in [-0.1, -0.05) is 23.7 Å². The number of halogens is 1. The fraction of sp³-hybridized carbons (Fsp3) is 0.320. The van der Waals surface area contributed by atoms with Crippen LogP contribution in [0.1, 0.15) is 32.8 Å². The van der Waals surface area contributed by atoms with Crippen molar-refractivity contribution in [2.24, 2.45) is 5.92 Å². The van der Waals surface area contributed by atoms with Crippen LogP contribution >= 0.6 is 11.6 Å². The van der Waals surface area contributed by atoms with Crippen LogP contribution in [0, 0.1) is 17.2 Å². The number of nitrogens with zero attached hydrogens (tertiary/aromatic N) is 5. The molecule has 3 aromatic rings. The van der Waals surface area contributed by atoms with Crippen molar-refractivity contribution >= 4 is 40.1 Å². The van der Waals surface area contributed by atoms with Crippen LogP contribution in [0.25, 0.3) is 22.3 Å². The predicted molar refractivity (Wildman–Crippen MR) is 127 cm³/mol. The quantitative estimate of drug-likeness (QED) is 0.543. The van der Waals surface area contributed by atoms with Gasteiger partial charge in [-0.3, -0.25) is 0 Å². The molecule has 0 atom stereocenters. The third-order valence-corrected chi connectivity index (χ3v) is 5.91. The zero-order valence-corrected chi connectivity index (χ0v) is 19.2. The van der Waals surface area contributed by atoms with Gasteiger partial charge in [-0.15, -0.1) is 0 Å². The average molecular weight is 447 g/mol. The van der Waals surface area contributed by atoms with Gasteiger partial charge in [-0.25, -0.2) is 14.8 Å². The molecule has 1 amide bonds. The Morgan fingerprint density at radius 2 is 2.03 bits per heavy atom. The van der Waals surface area contributed by atoms with E-state index in [1.54, 1.807) is 18.2 Å². The summed E-state index contributed by atoms with van der Waals surface area (Å²) in [7, 11) is 0. The van der Waals surface area contributed by atoms with Crippen molar-refractivity contribution in [3.63, 3.8) is 0 Å². The van der Waals surface area contributed by atoms with Crippen LogP contribution in [0.5, 0.6) is 0 Å². The fourth-order valence-electron chi connectivity index (χ4n) is 4.06. The van der Waals surface area contributed by atoms with E-state index in [9.17, 15) is 10.1 Å². The Kier molecular flexibility index (Phi) is 6.20. The molecule has 0 radical (unpaired) electrons. The number of carbonyl (C=O) groups excluding carboxylic acids is 1. The van der Waals surface area contributed by atoms with Crippen molar-refractivity contribution in [3.05, 3.63) is 53.1 Å². The van der Waals surface area contributed by atoms with Crippen molar-refractivity contribution in [1.29, 1.82) is 5.26 Å². The third-order valence-electron chi connectivity index (χ3n) is 5.67. The summed E-state index contributed by atoms with van der Waals surface area (Å²) >= 11 is 6.19. The lowest BCUT2D eigenvalue weighted by Gasteiger charge is -2.19. The van der Waals surface area contributed by atoms with E-state index in [1.807, 2.05) is 49.6 Å². The molecule has 0 unspecified atom stereocenters. The number of nitriles is 1. The summed E-state index contributed by atoms with van der Waals surface area (Å²) in [5, 5.41) is 9.96. The van der Waals surface area contributed by atoms with Gasteiger partial charge in [0.2, 0.25) is 0 Å². The largest absolute Gasteiger partial charge is 0.389 e. The standard InChI is InChI=1S/C25H25ClN5O/c1-4-31(25(32)16(2)3)20-10-11-30(15-20)24-23(18-7-5-6-17(12-18)14-27)28-22-13-19(26)8-9-21(22)29-24/h5-9,12-13,16H,4,10-11,15H2,1-3H3/q+1. The lowest BCUT2D eigenvalue weighted by atomic mass is 10.1. The Labute approximate surface area is 192 Å². The van der Waals surface area contributed by atoms with Gasteiger partial charge in [0, 0.05) is 23.6 Å². The molecule has 1 saturated heterocycles. The van der Waals surface area contributed by atoms with E-state index in [1.165, 1.54) is 0 Å². The topological polar surface area (TPSA) is 72.9 Å². The number of rotatable bonds is 4. The highest BCUT2D eigenvalue weighted by atomic mass is 35.5. The second kappa shape index (κ2) is 9.05. The van der Waals surface area contributed by atoms with E-state index in [0.29, 0.717) is 34.9 Å². The molecule has 6 nitrogen and oxygen atoms in total. The minimum Gasteiger partial charge on any atom is -0.344 e. The highest BCUT2D eigenvalue weighted by Crippen LogP contribution is 2.32. The maximum absolute atomic E-state index is 12.7. The van der Waals surface area contributed by atoms with E-state index in [2.05, 4.69) is 11.0 Å². The van der Waals surface area contributed by atoms with Crippen molar-refractivity contribution in [1.82, 2.24) is 9.97 Å². The first-order valence-corrected chi connectivity index (χ1v) is 11.2. The molecular formula is C25H25ClN5O+. The number of amides is 1. The molecule has 1 fully saturated rings. The minimum absolute atomic E-state index is 0.0500. The molecule has 0 aliphatic carbocycles. The Morgan fingerprint density at radius 1 is 1.22 bits per heavy atom. The molecule has 1 aliphatic rings. The zero-order valence-electron chi connectivity index (χ0n) is 18.5. The highest BCUT2D eigenvalue weighted by Gasteiger charge is 2.32. The number of benzene rings is 2. The summed E-state index contributed by atoms with van der Waals surface area (Å²) in [5.41, 5.74) is 4.65. The lowest BCUT2D eigenvalue weighted by Crippen LogP contribution is -2.33. The van der Waals surface area contributed by atoms with Gasteiger partial charge in [0.1, 0.15) is 12.2 Å². The minimum atomic E-state index is -0.0500. The molecule has 7 heteroatoms. The zero-order chi connectivity index (χ0) is 22.8. The number of anilines is 1. The second-order valence-corrected chi connectivity index (χ2v) is 8.63. The molecular weight excluding hydrogens is 422 g/mol. The van der Waals surface area contributed by atoms with Crippen molar-refractivity contribution < 1.29 is 9.37 Å². The van der Waals surface area contributed by atoms with Gasteiger partial charge < -0.3 is 4.90 Å². The molecule has 0 saturated carbocycles. The third kappa shape index (κ3) is 4.21. The monoisotopic (exact) mass is 446 g/mol.